The van der Waals surface area contributed by atoms with Crippen molar-refractivity contribution in [2.45, 2.75) is 25.9 Å². The van der Waals surface area contributed by atoms with Gasteiger partial charge in [0.2, 0.25) is 10.0 Å². The van der Waals surface area contributed by atoms with Gasteiger partial charge in [-0.15, -0.1) is 0 Å². The molecule has 0 atom stereocenters. The number of hydrogen-bond acceptors (Lipinski definition) is 4. The lowest BCUT2D eigenvalue weighted by Crippen LogP contribution is -2.29. The van der Waals surface area contributed by atoms with Crippen LogP contribution in [0.3, 0.4) is 0 Å². The van der Waals surface area contributed by atoms with E-state index in [4.69, 9.17) is 23.2 Å². The summed E-state index contributed by atoms with van der Waals surface area (Å²) < 4.78 is 26.1. The molecule has 0 spiro atoms. The van der Waals surface area contributed by atoms with Crippen LogP contribution in [0.25, 0.3) is 0 Å². The minimum absolute atomic E-state index is 0.0597. The molecule has 1 saturated heterocycles. The van der Waals surface area contributed by atoms with Crippen molar-refractivity contribution < 1.29 is 13.2 Å². The Labute approximate surface area is 216 Å². The van der Waals surface area contributed by atoms with Crippen LogP contribution in [0, 0.1) is 0 Å². The lowest BCUT2D eigenvalue weighted by atomic mass is 10.1. The highest BCUT2D eigenvalue weighted by Crippen LogP contribution is 2.34. The highest BCUT2D eigenvalue weighted by molar-refractivity contribution is 7.92. The Morgan fingerprint density at radius 2 is 1.57 bits per heavy atom. The first-order valence-corrected chi connectivity index (χ1v) is 14.0. The fraction of sp³-hybridized carbons (Fsp3) is 0.269. The predicted octanol–water partition coefficient (Wildman–Crippen LogP) is 5.49. The first kappa shape index (κ1) is 25.4. The van der Waals surface area contributed by atoms with Crippen LogP contribution in [-0.4, -0.2) is 33.7 Å². The van der Waals surface area contributed by atoms with Crippen molar-refractivity contribution in [2.75, 3.05) is 28.6 Å². The maximum absolute atomic E-state index is 12.6. The van der Waals surface area contributed by atoms with Crippen LogP contribution < -0.4 is 14.5 Å². The van der Waals surface area contributed by atoms with Crippen LogP contribution >= 0.6 is 23.2 Å². The number of benzene rings is 3. The fourth-order valence-electron chi connectivity index (χ4n) is 4.08. The van der Waals surface area contributed by atoms with Gasteiger partial charge in [-0.2, -0.15) is 0 Å². The van der Waals surface area contributed by atoms with E-state index in [2.05, 4.69) is 22.3 Å². The van der Waals surface area contributed by atoms with Crippen LogP contribution in [0.5, 0.6) is 0 Å². The molecule has 1 amide bonds. The second-order valence-electron chi connectivity index (χ2n) is 8.58. The van der Waals surface area contributed by atoms with Gasteiger partial charge in [-0.3, -0.25) is 9.10 Å². The number of carbonyl (C=O) groups excluding carboxylic acids is 1. The lowest BCUT2D eigenvalue weighted by molar-refractivity contribution is 0.0951. The molecule has 4 rings (SSSR count). The molecule has 0 radical (unpaired) electrons. The van der Waals surface area contributed by atoms with E-state index < -0.39 is 10.0 Å². The van der Waals surface area contributed by atoms with E-state index in [1.165, 1.54) is 22.8 Å². The van der Waals surface area contributed by atoms with Crippen molar-refractivity contribution in [1.29, 1.82) is 0 Å². The molecule has 0 unspecified atom stereocenters. The molecular weight excluding hydrogens is 505 g/mol. The number of rotatable bonds is 8. The molecule has 6 nitrogen and oxygen atoms in total. The molecular formula is C26H27Cl2N3O3S. The third-order valence-corrected chi connectivity index (χ3v) is 7.94. The van der Waals surface area contributed by atoms with Gasteiger partial charge < -0.3 is 10.2 Å². The van der Waals surface area contributed by atoms with E-state index in [1.807, 2.05) is 12.1 Å². The highest BCUT2D eigenvalue weighted by atomic mass is 35.5. The summed E-state index contributed by atoms with van der Waals surface area (Å²) in [6, 6.07) is 20.0. The molecule has 184 valence electrons. The summed E-state index contributed by atoms with van der Waals surface area (Å²) in [4.78, 5) is 15.0. The summed E-state index contributed by atoms with van der Waals surface area (Å²) in [5.74, 6) is -0.196. The van der Waals surface area contributed by atoms with Gasteiger partial charge in [0.15, 0.2) is 0 Å². The van der Waals surface area contributed by atoms with Crippen LogP contribution in [-0.2, 0) is 23.1 Å². The number of halogens is 2. The monoisotopic (exact) mass is 531 g/mol. The molecule has 3 aromatic rings. The summed E-state index contributed by atoms with van der Waals surface area (Å²) in [6.07, 6.45) is 3.58. The molecule has 3 aromatic carbocycles. The van der Waals surface area contributed by atoms with Gasteiger partial charge in [-0.05, 0) is 60.4 Å². The standard InChI is InChI=1S/C26H27Cl2N3O3S/c1-35(33,34)31(24-6-4-5-23(27)25(24)28)18-20-7-11-21(12-8-20)26(32)29-17-19-9-13-22(14-10-19)30-15-2-3-16-30/h4-14H,2-3,15-18H2,1H3,(H,29,32). The van der Waals surface area contributed by atoms with E-state index >= 15 is 0 Å². The summed E-state index contributed by atoms with van der Waals surface area (Å²) >= 11 is 12.3. The van der Waals surface area contributed by atoms with E-state index in [-0.39, 0.29) is 22.5 Å². The predicted molar refractivity (Wildman–Crippen MR) is 143 cm³/mol. The third kappa shape index (κ3) is 6.28. The molecule has 0 aromatic heterocycles. The van der Waals surface area contributed by atoms with Crippen molar-refractivity contribution in [2.24, 2.45) is 0 Å². The van der Waals surface area contributed by atoms with Crippen LogP contribution in [0.15, 0.2) is 66.7 Å². The summed E-state index contributed by atoms with van der Waals surface area (Å²) in [5, 5.41) is 3.38. The normalized spacial score (nSPS) is 13.6. The van der Waals surface area contributed by atoms with Crippen LogP contribution in [0.1, 0.15) is 34.3 Å². The van der Waals surface area contributed by atoms with Crippen molar-refractivity contribution in [1.82, 2.24) is 5.32 Å². The molecule has 0 bridgehead atoms. The molecule has 0 aliphatic carbocycles. The Bertz CT molecular complexity index is 1290. The zero-order valence-corrected chi connectivity index (χ0v) is 21.7. The molecule has 1 heterocycles. The number of carbonyl (C=O) groups is 1. The van der Waals surface area contributed by atoms with Crippen molar-refractivity contribution in [3.8, 4) is 0 Å². The summed E-state index contributed by atoms with van der Waals surface area (Å²) in [7, 11) is -3.62. The molecule has 1 fully saturated rings. The Hall–Kier alpha value is -2.74. The first-order chi connectivity index (χ1) is 16.7. The fourth-order valence-corrected chi connectivity index (χ4v) is 5.42. The minimum Gasteiger partial charge on any atom is -0.372 e. The Morgan fingerprint density at radius 1 is 0.943 bits per heavy atom. The number of anilines is 2. The van der Waals surface area contributed by atoms with E-state index in [0.29, 0.717) is 23.4 Å². The highest BCUT2D eigenvalue weighted by Gasteiger charge is 2.22. The summed E-state index contributed by atoms with van der Waals surface area (Å²) in [5.41, 5.74) is 3.75. The number of sulfonamides is 1. The van der Waals surface area contributed by atoms with E-state index in [1.54, 1.807) is 42.5 Å². The van der Waals surface area contributed by atoms with Gasteiger partial charge >= 0.3 is 0 Å². The topological polar surface area (TPSA) is 69.7 Å². The van der Waals surface area contributed by atoms with Crippen molar-refractivity contribution in [3.63, 3.8) is 0 Å². The number of amides is 1. The number of nitrogens with zero attached hydrogens (tertiary/aromatic N) is 2. The van der Waals surface area contributed by atoms with Crippen molar-refractivity contribution >= 4 is 50.5 Å². The van der Waals surface area contributed by atoms with Crippen LogP contribution in [0.2, 0.25) is 10.0 Å². The Balaban J connectivity index is 1.39. The number of nitrogens with one attached hydrogen (secondary N) is 1. The van der Waals surface area contributed by atoms with Crippen LogP contribution in [0.4, 0.5) is 11.4 Å². The van der Waals surface area contributed by atoms with Gasteiger partial charge in [-0.25, -0.2) is 8.42 Å². The Morgan fingerprint density at radius 3 is 2.20 bits per heavy atom. The maximum atomic E-state index is 12.6. The molecule has 1 aliphatic heterocycles. The van der Waals surface area contributed by atoms with Gasteiger partial charge in [0.25, 0.3) is 5.91 Å². The Kier molecular flexibility index (Phi) is 7.89. The average Bonchev–Trinajstić information content (AvgIpc) is 3.38. The quantitative estimate of drug-likeness (QED) is 0.417. The molecule has 9 heteroatoms. The van der Waals surface area contributed by atoms with Gasteiger partial charge in [0.1, 0.15) is 0 Å². The zero-order valence-electron chi connectivity index (χ0n) is 19.4. The van der Waals surface area contributed by atoms with Crippen molar-refractivity contribution in [3.05, 3.63) is 93.5 Å². The van der Waals surface area contributed by atoms with E-state index in [9.17, 15) is 13.2 Å². The number of hydrogen-bond donors (Lipinski definition) is 1. The molecule has 35 heavy (non-hydrogen) atoms. The maximum Gasteiger partial charge on any atom is 0.251 e. The smallest absolute Gasteiger partial charge is 0.251 e. The molecule has 0 saturated carbocycles. The van der Waals surface area contributed by atoms with Gasteiger partial charge in [0, 0.05) is 30.9 Å². The second-order valence-corrected chi connectivity index (χ2v) is 11.3. The lowest BCUT2D eigenvalue weighted by Gasteiger charge is -2.24. The SMILES string of the molecule is CS(=O)(=O)N(Cc1ccc(C(=O)NCc2ccc(N3CCCC3)cc2)cc1)c1cccc(Cl)c1Cl. The van der Waals surface area contributed by atoms with E-state index in [0.717, 1.165) is 24.9 Å². The second kappa shape index (κ2) is 10.9. The third-order valence-electron chi connectivity index (χ3n) is 6.00. The average molecular weight is 532 g/mol. The van der Waals surface area contributed by atoms with Gasteiger partial charge in [0.05, 0.1) is 28.5 Å². The molecule has 1 N–H and O–H groups in total. The first-order valence-electron chi connectivity index (χ1n) is 11.3. The van der Waals surface area contributed by atoms with Gasteiger partial charge in [-0.1, -0.05) is 53.5 Å². The minimum atomic E-state index is -3.62. The zero-order chi connectivity index (χ0) is 25.0. The summed E-state index contributed by atoms with van der Waals surface area (Å²) in [6.45, 7) is 2.68. The molecule has 1 aliphatic rings. The largest absolute Gasteiger partial charge is 0.372 e.